The molecule has 2 N–H and O–H groups in total. The molecule has 0 fully saturated rings. The Morgan fingerprint density at radius 2 is 1.54 bits per heavy atom. The maximum Gasteiger partial charge on any atom is 0.0658 e. The Morgan fingerprint density at radius 3 is 2.33 bits per heavy atom. The van der Waals surface area contributed by atoms with E-state index in [4.69, 9.17) is 0 Å². The molecule has 4 aliphatic heterocycles. The predicted molar refractivity (Wildman–Crippen MR) is 97.9 cm³/mol. The van der Waals surface area contributed by atoms with Crippen LogP contribution in [0.2, 0.25) is 0 Å². The van der Waals surface area contributed by atoms with Crippen LogP contribution in [0, 0.1) is 0 Å². The molecule has 5 rings (SSSR count). The van der Waals surface area contributed by atoms with Crippen molar-refractivity contribution in [3.05, 3.63) is 82.5 Å². The molecule has 116 valence electrons. The smallest absolute Gasteiger partial charge is 0.0658 e. The highest BCUT2D eigenvalue weighted by Crippen LogP contribution is 2.19. The number of rotatable bonds is 0. The Labute approximate surface area is 139 Å². The van der Waals surface area contributed by atoms with Gasteiger partial charge in [-0.15, -0.1) is 0 Å². The third-order valence-electron chi connectivity index (χ3n) is 4.32. The second kappa shape index (κ2) is 5.20. The van der Waals surface area contributed by atoms with Crippen molar-refractivity contribution in [3.8, 4) is 0 Å². The summed E-state index contributed by atoms with van der Waals surface area (Å²) in [4.78, 5) is 12.7. The van der Waals surface area contributed by atoms with Crippen LogP contribution in [-0.2, 0) is 0 Å². The zero-order valence-electron chi connectivity index (χ0n) is 13.0. The molecule has 4 nitrogen and oxygen atoms in total. The van der Waals surface area contributed by atoms with Crippen molar-refractivity contribution in [3.63, 3.8) is 0 Å². The molecule has 0 spiro atoms. The number of aromatic amines is 1. The number of hydrogen-bond donors (Lipinski definition) is 2. The molecule has 1 unspecified atom stereocenters. The molecule has 0 aliphatic carbocycles. The average Bonchev–Trinajstić information content (AvgIpc) is 3.32. The highest BCUT2D eigenvalue weighted by molar-refractivity contribution is 6.20. The largest absolute Gasteiger partial charge is 0.379 e. The lowest BCUT2D eigenvalue weighted by Crippen LogP contribution is -2.19. The SMILES string of the molecule is C1=C/C2=C/C3=CCC(/C=C4/C=CC(=N4)/C=c4/cc/c([nH]4)=C/C1=N2)N3. The first-order valence-electron chi connectivity index (χ1n) is 8.12. The molecule has 0 saturated carbocycles. The van der Waals surface area contributed by atoms with Gasteiger partial charge >= 0.3 is 0 Å². The summed E-state index contributed by atoms with van der Waals surface area (Å²) in [7, 11) is 0. The Morgan fingerprint density at radius 1 is 0.833 bits per heavy atom. The van der Waals surface area contributed by atoms with E-state index in [0.29, 0.717) is 0 Å². The van der Waals surface area contributed by atoms with Gasteiger partial charge in [-0.25, -0.2) is 9.98 Å². The van der Waals surface area contributed by atoms with E-state index in [1.807, 2.05) is 18.2 Å². The molecule has 1 aromatic rings. The molecule has 4 heteroatoms. The number of H-pyrrole nitrogens is 1. The van der Waals surface area contributed by atoms with E-state index in [0.717, 1.165) is 45.6 Å². The maximum absolute atomic E-state index is 4.68. The Hall–Kier alpha value is -3.14. The lowest BCUT2D eigenvalue weighted by molar-refractivity contribution is 0.739. The third kappa shape index (κ3) is 2.52. The van der Waals surface area contributed by atoms with E-state index in [-0.39, 0.29) is 6.04 Å². The fourth-order valence-electron chi connectivity index (χ4n) is 3.20. The average molecular weight is 312 g/mol. The predicted octanol–water partition coefficient (Wildman–Crippen LogP) is 1.62. The summed E-state index contributed by atoms with van der Waals surface area (Å²) >= 11 is 0. The zero-order chi connectivity index (χ0) is 15.9. The van der Waals surface area contributed by atoms with Crippen LogP contribution < -0.4 is 16.0 Å². The van der Waals surface area contributed by atoms with E-state index >= 15 is 0 Å². The van der Waals surface area contributed by atoms with Crippen molar-refractivity contribution in [2.75, 3.05) is 0 Å². The molecule has 0 radical (unpaired) electrons. The quantitative estimate of drug-likeness (QED) is 0.751. The fraction of sp³-hybridized carbons (Fsp3) is 0.100. The van der Waals surface area contributed by atoms with Crippen molar-refractivity contribution in [1.82, 2.24) is 10.3 Å². The topological polar surface area (TPSA) is 52.5 Å². The van der Waals surface area contributed by atoms with Crippen molar-refractivity contribution in [1.29, 1.82) is 0 Å². The van der Waals surface area contributed by atoms with E-state index in [1.54, 1.807) is 0 Å². The molecule has 0 amide bonds. The number of nitrogens with zero attached hydrogens (tertiary/aromatic N) is 2. The lowest BCUT2D eigenvalue weighted by Gasteiger charge is -2.07. The summed E-state index contributed by atoms with van der Waals surface area (Å²) in [6.07, 6.45) is 19.8. The number of hydrogen-bond acceptors (Lipinski definition) is 3. The molecule has 8 bridgehead atoms. The monoisotopic (exact) mass is 312 g/mol. The molecular weight excluding hydrogens is 296 g/mol. The van der Waals surface area contributed by atoms with Gasteiger partial charge in [0.05, 0.1) is 28.9 Å². The van der Waals surface area contributed by atoms with E-state index in [1.165, 1.54) is 0 Å². The number of allylic oxidation sites excluding steroid dienone is 5. The minimum Gasteiger partial charge on any atom is -0.379 e. The van der Waals surface area contributed by atoms with Crippen molar-refractivity contribution in [2.45, 2.75) is 12.5 Å². The minimum atomic E-state index is 0.282. The van der Waals surface area contributed by atoms with Gasteiger partial charge in [0.15, 0.2) is 0 Å². The van der Waals surface area contributed by atoms with Gasteiger partial charge in [0.2, 0.25) is 0 Å². The van der Waals surface area contributed by atoms with E-state index < -0.39 is 0 Å². The first-order valence-corrected chi connectivity index (χ1v) is 8.12. The van der Waals surface area contributed by atoms with Gasteiger partial charge in [-0.3, -0.25) is 0 Å². The normalized spacial score (nSPS) is 30.7. The van der Waals surface area contributed by atoms with Crippen molar-refractivity contribution >= 4 is 23.6 Å². The lowest BCUT2D eigenvalue weighted by atomic mass is 10.2. The van der Waals surface area contributed by atoms with Gasteiger partial charge in [-0.2, -0.15) is 0 Å². The number of nitrogens with one attached hydrogen (secondary N) is 2. The number of fused-ring (bicyclic) bond motifs is 6. The van der Waals surface area contributed by atoms with Gasteiger partial charge in [0.1, 0.15) is 0 Å². The van der Waals surface area contributed by atoms with Gasteiger partial charge in [0, 0.05) is 16.4 Å². The van der Waals surface area contributed by atoms with Gasteiger partial charge in [-0.1, -0.05) is 6.08 Å². The van der Waals surface area contributed by atoms with Crippen LogP contribution in [0.4, 0.5) is 0 Å². The summed E-state index contributed by atoms with van der Waals surface area (Å²) < 4.78 is 0. The second-order valence-corrected chi connectivity index (χ2v) is 6.20. The maximum atomic E-state index is 4.68. The molecule has 5 heterocycles. The van der Waals surface area contributed by atoms with Crippen LogP contribution in [0.5, 0.6) is 0 Å². The standard InChI is InChI=1S/C20H16N4/c1-2-14-10-16-5-6-18(23-16)12-20-8-7-19(24-20)11-17-4-3-15(22-17)9-13(1)21-14/h1-7,9-12,20-21,24H,8H2/b13-9-,14-10-,17-11-,18-12-. The van der Waals surface area contributed by atoms with Crippen LogP contribution in [0.25, 0.3) is 12.2 Å². The molecule has 0 aromatic carbocycles. The molecular formula is C20H16N4. The van der Waals surface area contributed by atoms with Crippen LogP contribution in [0.1, 0.15) is 6.42 Å². The molecule has 24 heavy (non-hydrogen) atoms. The van der Waals surface area contributed by atoms with Gasteiger partial charge in [-0.05, 0) is 67.2 Å². The first kappa shape index (κ1) is 13.3. The van der Waals surface area contributed by atoms with Crippen LogP contribution in [0.3, 0.4) is 0 Å². The van der Waals surface area contributed by atoms with E-state index in [9.17, 15) is 0 Å². The fourth-order valence-corrected chi connectivity index (χ4v) is 3.20. The minimum absolute atomic E-state index is 0.282. The summed E-state index contributed by atoms with van der Waals surface area (Å²) in [6, 6.07) is 4.40. The summed E-state index contributed by atoms with van der Waals surface area (Å²) in [5.74, 6) is 0. The van der Waals surface area contributed by atoms with E-state index in [2.05, 4.69) is 68.9 Å². The van der Waals surface area contributed by atoms with Crippen LogP contribution in [0.15, 0.2) is 81.7 Å². The highest BCUT2D eigenvalue weighted by Gasteiger charge is 2.15. The summed E-state index contributed by atoms with van der Waals surface area (Å²) in [6.45, 7) is 0. The Bertz CT molecular complexity index is 1050. The molecule has 0 saturated heterocycles. The van der Waals surface area contributed by atoms with Gasteiger partial charge in [0.25, 0.3) is 0 Å². The number of aromatic nitrogens is 1. The Balaban J connectivity index is 1.65. The van der Waals surface area contributed by atoms with Crippen LogP contribution in [-0.4, -0.2) is 22.4 Å². The number of aliphatic imine (C=N–C) groups is 2. The summed E-state index contributed by atoms with van der Waals surface area (Å²) in [5.41, 5.74) is 5.02. The first-order chi connectivity index (χ1) is 11.8. The van der Waals surface area contributed by atoms with Gasteiger partial charge < -0.3 is 10.3 Å². The van der Waals surface area contributed by atoms with Crippen molar-refractivity contribution < 1.29 is 0 Å². The molecule has 1 aromatic heterocycles. The van der Waals surface area contributed by atoms with Crippen LogP contribution >= 0.6 is 0 Å². The molecule has 1 atom stereocenters. The third-order valence-corrected chi connectivity index (χ3v) is 4.32. The van der Waals surface area contributed by atoms with Crippen molar-refractivity contribution in [2.24, 2.45) is 9.98 Å². The second-order valence-electron chi connectivity index (χ2n) is 6.20. The summed E-state index contributed by atoms with van der Waals surface area (Å²) in [5, 5.41) is 5.59. The highest BCUT2D eigenvalue weighted by atomic mass is 14.9. The zero-order valence-corrected chi connectivity index (χ0v) is 13.0. The molecule has 4 aliphatic rings. The Kier molecular flexibility index (Phi) is 2.88.